The van der Waals surface area contributed by atoms with E-state index in [1.165, 1.54) is 6.08 Å². The minimum absolute atomic E-state index is 0.194. The highest BCUT2D eigenvalue weighted by Crippen LogP contribution is 2.13. The van der Waals surface area contributed by atoms with Crippen LogP contribution in [-0.4, -0.2) is 47.1 Å². The number of piperazine rings is 1. The maximum Gasteiger partial charge on any atom is 0.250 e. The van der Waals surface area contributed by atoms with Gasteiger partial charge in [-0.05, 0) is 41.9 Å². The molecule has 1 fully saturated rings. The lowest BCUT2D eigenvalue weighted by Gasteiger charge is -2.36. The van der Waals surface area contributed by atoms with Crippen LogP contribution in [0.15, 0.2) is 48.0 Å². The van der Waals surface area contributed by atoms with Gasteiger partial charge in [-0.1, -0.05) is 12.1 Å². The Balaban J connectivity index is 1.47. The molecule has 1 N–H and O–H groups in total. The number of amides is 1. The Morgan fingerprint density at radius 1 is 1.21 bits per heavy atom. The highest BCUT2D eigenvalue weighted by Gasteiger charge is 2.20. The molecule has 0 aliphatic carbocycles. The van der Waals surface area contributed by atoms with E-state index in [0.717, 1.165) is 36.9 Å². The molecule has 1 aliphatic heterocycles. The molecular formula is C17H18N4OS2. The first-order valence-corrected chi connectivity index (χ1v) is 8.98. The van der Waals surface area contributed by atoms with Gasteiger partial charge in [0.2, 0.25) is 5.91 Å². The molecule has 0 saturated carbocycles. The van der Waals surface area contributed by atoms with Gasteiger partial charge >= 0.3 is 0 Å². The zero-order valence-electron chi connectivity index (χ0n) is 13.1. The van der Waals surface area contributed by atoms with Gasteiger partial charge in [0, 0.05) is 43.3 Å². The Morgan fingerprint density at radius 3 is 2.71 bits per heavy atom. The van der Waals surface area contributed by atoms with E-state index >= 15 is 0 Å². The Labute approximate surface area is 150 Å². The molecular weight excluding hydrogens is 340 g/mol. The molecule has 0 bridgehead atoms. The van der Waals surface area contributed by atoms with Crippen LogP contribution in [0, 0.1) is 0 Å². The smallest absolute Gasteiger partial charge is 0.250 e. The summed E-state index contributed by atoms with van der Waals surface area (Å²) in [7, 11) is 0. The molecule has 0 atom stereocenters. The van der Waals surface area contributed by atoms with Crippen LogP contribution in [0.5, 0.6) is 0 Å². The van der Waals surface area contributed by atoms with Crippen molar-refractivity contribution < 1.29 is 4.79 Å². The topological polar surface area (TPSA) is 48.5 Å². The summed E-state index contributed by atoms with van der Waals surface area (Å²) in [6.07, 6.45) is 5.11. The third kappa shape index (κ3) is 4.39. The molecule has 3 rings (SSSR count). The maximum absolute atomic E-state index is 11.9. The van der Waals surface area contributed by atoms with Gasteiger partial charge in [0.1, 0.15) is 5.82 Å². The van der Waals surface area contributed by atoms with Crippen molar-refractivity contribution >= 4 is 46.5 Å². The third-order valence-electron chi connectivity index (χ3n) is 3.71. The summed E-state index contributed by atoms with van der Waals surface area (Å²) >= 11 is 6.94. The van der Waals surface area contributed by atoms with Gasteiger partial charge < -0.3 is 9.80 Å². The normalized spacial score (nSPS) is 14.8. The average Bonchev–Trinajstić information content (AvgIpc) is 3.14. The fraction of sp³-hybridized carbons (Fsp3) is 0.235. The number of hydrogen-bond acceptors (Lipinski definition) is 5. The van der Waals surface area contributed by atoms with Gasteiger partial charge in [0.25, 0.3) is 0 Å². The molecule has 7 heteroatoms. The number of carbonyl (C=O) groups excluding carboxylic acids is 1. The van der Waals surface area contributed by atoms with Gasteiger partial charge in [-0.25, -0.2) is 4.98 Å². The van der Waals surface area contributed by atoms with Crippen LogP contribution in [0.2, 0.25) is 0 Å². The summed E-state index contributed by atoms with van der Waals surface area (Å²) in [5.41, 5.74) is 0. The molecule has 24 heavy (non-hydrogen) atoms. The molecule has 1 amide bonds. The number of anilines is 1. The van der Waals surface area contributed by atoms with Gasteiger partial charge in [-0.15, -0.1) is 11.3 Å². The lowest BCUT2D eigenvalue weighted by Crippen LogP contribution is -2.52. The molecule has 5 nitrogen and oxygen atoms in total. The van der Waals surface area contributed by atoms with Gasteiger partial charge in [0.15, 0.2) is 5.11 Å². The first-order chi connectivity index (χ1) is 11.7. The van der Waals surface area contributed by atoms with Gasteiger partial charge in [-0.3, -0.25) is 10.1 Å². The fourth-order valence-electron chi connectivity index (χ4n) is 2.45. The molecule has 0 spiro atoms. The number of nitrogens with zero attached hydrogens (tertiary/aromatic N) is 3. The monoisotopic (exact) mass is 358 g/mol. The fourth-order valence-corrected chi connectivity index (χ4v) is 3.35. The lowest BCUT2D eigenvalue weighted by atomic mass is 10.3. The van der Waals surface area contributed by atoms with E-state index < -0.39 is 0 Å². The van der Waals surface area contributed by atoms with Crippen LogP contribution in [0.1, 0.15) is 4.88 Å². The molecule has 0 aromatic carbocycles. The van der Waals surface area contributed by atoms with E-state index in [4.69, 9.17) is 12.2 Å². The quantitative estimate of drug-likeness (QED) is 0.674. The highest BCUT2D eigenvalue weighted by molar-refractivity contribution is 7.80. The van der Waals surface area contributed by atoms with Crippen molar-refractivity contribution in [1.29, 1.82) is 0 Å². The van der Waals surface area contributed by atoms with Crippen molar-refractivity contribution in [3.8, 4) is 0 Å². The zero-order chi connectivity index (χ0) is 16.8. The molecule has 124 valence electrons. The second-order valence-corrected chi connectivity index (χ2v) is 6.67. The van der Waals surface area contributed by atoms with Crippen LogP contribution < -0.4 is 10.2 Å². The van der Waals surface area contributed by atoms with Crippen LogP contribution >= 0.6 is 23.6 Å². The van der Waals surface area contributed by atoms with E-state index in [0.29, 0.717) is 5.11 Å². The Morgan fingerprint density at radius 2 is 2.04 bits per heavy atom. The van der Waals surface area contributed by atoms with Gasteiger partial charge in [-0.2, -0.15) is 0 Å². The number of hydrogen-bond donors (Lipinski definition) is 1. The predicted molar refractivity (Wildman–Crippen MR) is 102 cm³/mol. The second-order valence-electron chi connectivity index (χ2n) is 5.31. The Hall–Kier alpha value is -2.25. The van der Waals surface area contributed by atoms with Crippen LogP contribution in [-0.2, 0) is 4.79 Å². The average molecular weight is 358 g/mol. The summed E-state index contributed by atoms with van der Waals surface area (Å²) < 4.78 is 0. The lowest BCUT2D eigenvalue weighted by molar-refractivity contribution is -0.115. The van der Waals surface area contributed by atoms with Crippen LogP contribution in [0.25, 0.3) is 6.08 Å². The first kappa shape index (κ1) is 16.6. The van der Waals surface area contributed by atoms with Crippen molar-refractivity contribution in [1.82, 2.24) is 15.2 Å². The minimum Gasteiger partial charge on any atom is -0.353 e. The predicted octanol–water partition coefficient (Wildman–Crippen LogP) is 2.38. The summed E-state index contributed by atoms with van der Waals surface area (Å²) in [5, 5.41) is 5.23. The summed E-state index contributed by atoms with van der Waals surface area (Å²) in [4.78, 5) is 21.6. The van der Waals surface area contributed by atoms with Crippen molar-refractivity contribution in [2.24, 2.45) is 0 Å². The molecule has 2 aromatic rings. The maximum atomic E-state index is 11.9. The molecule has 1 aliphatic rings. The summed E-state index contributed by atoms with van der Waals surface area (Å²) in [6, 6.07) is 9.82. The number of nitrogens with one attached hydrogen (secondary N) is 1. The number of pyridine rings is 1. The molecule has 0 unspecified atom stereocenters. The van der Waals surface area contributed by atoms with E-state index in [1.807, 2.05) is 40.6 Å². The Kier molecular flexibility index (Phi) is 5.55. The number of thiocarbonyl (C=S) groups is 1. The van der Waals surface area contributed by atoms with Gasteiger partial charge in [0.05, 0.1) is 0 Å². The molecule has 2 aromatic heterocycles. The number of thiophene rings is 1. The molecule has 0 radical (unpaired) electrons. The SMILES string of the molecule is O=C(/C=C\c1cccs1)NC(=S)N1CCN(c2ccccn2)CC1. The van der Waals surface area contributed by atoms with E-state index in [9.17, 15) is 4.79 Å². The van der Waals surface area contributed by atoms with Crippen molar-refractivity contribution in [2.75, 3.05) is 31.1 Å². The van der Waals surface area contributed by atoms with Crippen LogP contribution in [0.4, 0.5) is 5.82 Å². The number of carbonyl (C=O) groups is 1. The molecule has 3 heterocycles. The third-order valence-corrected chi connectivity index (χ3v) is 4.91. The number of rotatable bonds is 3. The number of aromatic nitrogens is 1. The first-order valence-electron chi connectivity index (χ1n) is 7.70. The molecule has 1 saturated heterocycles. The minimum atomic E-state index is -0.194. The second kappa shape index (κ2) is 8.03. The van der Waals surface area contributed by atoms with Crippen molar-refractivity contribution in [3.05, 3.63) is 52.9 Å². The Bertz CT molecular complexity index is 707. The largest absolute Gasteiger partial charge is 0.353 e. The van der Waals surface area contributed by atoms with E-state index in [1.54, 1.807) is 23.6 Å². The standard InChI is InChI=1S/C17H18N4OS2/c22-16(7-6-14-4-3-13-24-14)19-17(23)21-11-9-20(10-12-21)15-5-1-2-8-18-15/h1-8,13H,9-12H2,(H,19,22,23)/b7-6-. The van der Waals surface area contributed by atoms with Crippen molar-refractivity contribution in [3.63, 3.8) is 0 Å². The summed E-state index contributed by atoms with van der Waals surface area (Å²) in [6.45, 7) is 3.20. The van der Waals surface area contributed by atoms with E-state index in [2.05, 4.69) is 15.2 Å². The van der Waals surface area contributed by atoms with E-state index in [-0.39, 0.29) is 5.91 Å². The zero-order valence-corrected chi connectivity index (χ0v) is 14.7. The van der Waals surface area contributed by atoms with Crippen LogP contribution in [0.3, 0.4) is 0 Å². The summed E-state index contributed by atoms with van der Waals surface area (Å²) in [5.74, 6) is 0.784. The highest BCUT2D eigenvalue weighted by atomic mass is 32.1. The van der Waals surface area contributed by atoms with Crippen molar-refractivity contribution in [2.45, 2.75) is 0 Å².